The third-order valence-electron chi connectivity index (χ3n) is 3.74. The van der Waals surface area contributed by atoms with Crippen LogP contribution >= 0.6 is 11.8 Å². The Balaban J connectivity index is 1.75. The van der Waals surface area contributed by atoms with Crippen molar-refractivity contribution in [3.63, 3.8) is 0 Å². The fraction of sp³-hybridized carbons (Fsp3) is 0.294. The van der Waals surface area contributed by atoms with Crippen LogP contribution in [0, 0.1) is 0 Å². The molecule has 0 aliphatic carbocycles. The Morgan fingerprint density at radius 3 is 2.90 bits per heavy atom. The number of hydrogen-bond donors (Lipinski definition) is 1. The minimum absolute atomic E-state index is 0.307. The van der Waals surface area contributed by atoms with Crippen LogP contribution in [-0.4, -0.2) is 12.9 Å². The number of ether oxygens (including phenoxy) is 1. The van der Waals surface area contributed by atoms with Crippen molar-refractivity contribution in [2.75, 3.05) is 12.9 Å². The van der Waals surface area contributed by atoms with Gasteiger partial charge >= 0.3 is 0 Å². The first-order valence-electron chi connectivity index (χ1n) is 6.89. The molecule has 2 atom stereocenters. The number of nitrogens with one attached hydrogen (secondary N) is 1. The van der Waals surface area contributed by atoms with E-state index in [9.17, 15) is 0 Å². The van der Waals surface area contributed by atoms with Gasteiger partial charge in [0.2, 0.25) is 0 Å². The molecule has 0 fully saturated rings. The summed E-state index contributed by atoms with van der Waals surface area (Å²) in [6, 6.07) is 17.7. The van der Waals surface area contributed by atoms with Gasteiger partial charge < -0.3 is 10.1 Å². The van der Waals surface area contributed by atoms with Crippen LogP contribution in [0.15, 0.2) is 53.4 Å². The summed E-state index contributed by atoms with van der Waals surface area (Å²) in [6.45, 7) is 2.21. The first-order chi connectivity index (χ1) is 9.78. The molecule has 3 rings (SSSR count). The van der Waals surface area contributed by atoms with Gasteiger partial charge in [-0.25, -0.2) is 0 Å². The Hall–Kier alpha value is -1.45. The van der Waals surface area contributed by atoms with E-state index in [0.29, 0.717) is 12.1 Å². The van der Waals surface area contributed by atoms with Gasteiger partial charge in [-0.15, -0.1) is 11.8 Å². The van der Waals surface area contributed by atoms with E-state index in [1.54, 1.807) is 7.11 Å². The van der Waals surface area contributed by atoms with Crippen LogP contribution in [0.3, 0.4) is 0 Å². The molecule has 1 heterocycles. The monoisotopic (exact) mass is 285 g/mol. The number of rotatable bonds is 4. The Labute approximate surface area is 124 Å². The molecule has 0 spiro atoms. The molecule has 1 aliphatic rings. The molecular weight excluding hydrogens is 266 g/mol. The zero-order chi connectivity index (χ0) is 13.9. The molecule has 2 aromatic rings. The van der Waals surface area contributed by atoms with Crippen LogP contribution < -0.4 is 10.1 Å². The zero-order valence-corrected chi connectivity index (χ0v) is 12.6. The van der Waals surface area contributed by atoms with Crippen molar-refractivity contribution >= 4 is 11.8 Å². The molecule has 1 N–H and O–H groups in total. The number of thioether (sulfide) groups is 1. The lowest BCUT2D eigenvalue weighted by atomic mass is 10.0. The number of benzene rings is 2. The van der Waals surface area contributed by atoms with Gasteiger partial charge in [0, 0.05) is 22.7 Å². The van der Waals surface area contributed by atoms with Gasteiger partial charge in [-0.05, 0) is 36.2 Å². The van der Waals surface area contributed by atoms with Crippen molar-refractivity contribution in [1.29, 1.82) is 0 Å². The van der Waals surface area contributed by atoms with E-state index < -0.39 is 0 Å². The Morgan fingerprint density at radius 2 is 2.05 bits per heavy atom. The maximum absolute atomic E-state index is 5.30. The third-order valence-corrected chi connectivity index (χ3v) is 4.93. The van der Waals surface area contributed by atoms with E-state index in [0.717, 1.165) is 11.5 Å². The second-order valence-corrected chi connectivity index (χ2v) is 6.13. The summed E-state index contributed by atoms with van der Waals surface area (Å²) < 4.78 is 5.30. The van der Waals surface area contributed by atoms with Gasteiger partial charge in [0.1, 0.15) is 5.75 Å². The van der Waals surface area contributed by atoms with E-state index in [1.165, 1.54) is 16.0 Å². The summed E-state index contributed by atoms with van der Waals surface area (Å²) in [4.78, 5) is 1.41. The fourth-order valence-corrected chi connectivity index (χ4v) is 3.78. The van der Waals surface area contributed by atoms with E-state index in [4.69, 9.17) is 4.74 Å². The highest BCUT2D eigenvalue weighted by molar-refractivity contribution is 7.99. The lowest BCUT2D eigenvalue weighted by molar-refractivity contribution is 0.412. The van der Waals surface area contributed by atoms with E-state index in [-0.39, 0.29) is 0 Å². The summed E-state index contributed by atoms with van der Waals surface area (Å²) in [5.41, 5.74) is 2.69. The quantitative estimate of drug-likeness (QED) is 0.910. The van der Waals surface area contributed by atoms with Gasteiger partial charge in [-0.2, -0.15) is 0 Å². The number of hydrogen-bond acceptors (Lipinski definition) is 3. The van der Waals surface area contributed by atoms with E-state index in [1.807, 2.05) is 23.9 Å². The van der Waals surface area contributed by atoms with Crippen molar-refractivity contribution < 1.29 is 4.74 Å². The lowest BCUT2D eigenvalue weighted by Crippen LogP contribution is -2.24. The van der Waals surface area contributed by atoms with E-state index in [2.05, 4.69) is 48.6 Å². The predicted molar refractivity (Wildman–Crippen MR) is 84.5 cm³/mol. The second-order valence-electron chi connectivity index (χ2n) is 5.07. The second kappa shape index (κ2) is 5.90. The van der Waals surface area contributed by atoms with Gasteiger partial charge in [0.25, 0.3) is 0 Å². The van der Waals surface area contributed by atoms with Crippen LogP contribution in [0.2, 0.25) is 0 Å². The largest absolute Gasteiger partial charge is 0.497 e. The van der Waals surface area contributed by atoms with Crippen LogP contribution in [0.1, 0.15) is 30.1 Å². The zero-order valence-electron chi connectivity index (χ0n) is 11.8. The minimum atomic E-state index is 0.307. The molecule has 3 heteroatoms. The lowest BCUT2D eigenvalue weighted by Gasteiger charge is -2.20. The summed E-state index contributed by atoms with van der Waals surface area (Å²) in [5.74, 6) is 2.02. The van der Waals surface area contributed by atoms with Crippen molar-refractivity contribution in [3.8, 4) is 5.75 Å². The highest BCUT2D eigenvalue weighted by Crippen LogP contribution is 2.38. The molecule has 0 aromatic heterocycles. The molecule has 0 saturated carbocycles. The highest BCUT2D eigenvalue weighted by atomic mass is 32.2. The predicted octanol–water partition coefficient (Wildman–Crippen LogP) is 4.19. The smallest absolute Gasteiger partial charge is 0.119 e. The van der Waals surface area contributed by atoms with Gasteiger partial charge in [0.05, 0.1) is 7.11 Å². The molecular formula is C17H19NOS. The molecule has 1 aliphatic heterocycles. The maximum Gasteiger partial charge on any atom is 0.119 e. The first kappa shape index (κ1) is 13.5. The summed E-state index contributed by atoms with van der Waals surface area (Å²) in [5, 5.41) is 3.73. The topological polar surface area (TPSA) is 21.3 Å². The first-order valence-corrected chi connectivity index (χ1v) is 7.88. The van der Waals surface area contributed by atoms with E-state index >= 15 is 0 Å². The Morgan fingerprint density at radius 1 is 1.20 bits per heavy atom. The van der Waals surface area contributed by atoms with Crippen LogP contribution in [0.25, 0.3) is 0 Å². The minimum Gasteiger partial charge on any atom is -0.497 e. The van der Waals surface area contributed by atoms with Crippen LogP contribution in [0.5, 0.6) is 5.75 Å². The molecule has 2 nitrogen and oxygen atoms in total. The summed E-state index contributed by atoms with van der Waals surface area (Å²) in [6.07, 6.45) is 0. The Kier molecular flexibility index (Phi) is 3.99. The highest BCUT2D eigenvalue weighted by Gasteiger charge is 2.24. The molecule has 0 bridgehead atoms. The molecule has 1 unspecified atom stereocenters. The normalized spacial score (nSPS) is 18.6. The standard InChI is InChI=1S/C17H19NOS/c1-12(13-6-5-7-14(10-13)19-2)18-16-11-20-17-9-4-3-8-15(16)17/h3-10,12,16,18H,11H2,1-2H3/t12-,16?/m0/s1. The molecule has 20 heavy (non-hydrogen) atoms. The average Bonchev–Trinajstić information content (AvgIpc) is 2.90. The van der Waals surface area contributed by atoms with Crippen LogP contribution in [0.4, 0.5) is 0 Å². The molecule has 0 saturated heterocycles. The fourth-order valence-electron chi connectivity index (χ4n) is 2.61. The molecule has 104 valence electrons. The third kappa shape index (κ3) is 2.69. The summed E-state index contributed by atoms with van der Waals surface area (Å²) >= 11 is 1.93. The van der Waals surface area contributed by atoms with Gasteiger partial charge in [-0.3, -0.25) is 0 Å². The number of fused-ring (bicyclic) bond motifs is 1. The van der Waals surface area contributed by atoms with Gasteiger partial charge in [-0.1, -0.05) is 30.3 Å². The number of methoxy groups -OCH3 is 1. The van der Waals surface area contributed by atoms with Crippen LogP contribution in [-0.2, 0) is 0 Å². The van der Waals surface area contributed by atoms with Gasteiger partial charge in [0.15, 0.2) is 0 Å². The summed E-state index contributed by atoms with van der Waals surface area (Å²) in [7, 11) is 1.71. The maximum atomic E-state index is 5.30. The van der Waals surface area contributed by atoms with Crippen molar-refractivity contribution in [2.45, 2.75) is 23.9 Å². The SMILES string of the molecule is COc1cccc([C@H](C)NC2CSc3ccccc32)c1. The van der Waals surface area contributed by atoms with Crippen molar-refractivity contribution in [2.24, 2.45) is 0 Å². The molecule has 0 amide bonds. The van der Waals surface area contributed by atoms with Crippen molar-refractivity contribution in [1.82, 2.24) is 5.32 Å². The average molecular weight is 285 g/mol. The molecule has 2 aromatic carbocycles. The van der Waals surface area contributed by atoms with Crippen molar-refractivity contribution in [3.05, 3.63) is 59.7 Å². The molecule has 0 radical (unpaired) electrons. The Bertz CT molecular complexity index is 599.